The average Bonchev–Trinajstić information content (AvgIpc) is 3.08. The van der Waals surface area contributed by atoms with Crippen molar-refractivity contribution in [2.24, 2.45) is 14.2 Å². The van der Waals surface area contributed by atoms with Crippen LogP contribution in [0, 0.1) is 0 Å². The van der Waals surface area contributed by atoms with Crippen LogP contribution in [0.4, 0.5) is 22.7 Å². The predicted molar refractivity (Wildman–Crippen MR) is 171 cm³/mol. The summed E-state index contributed by atoms with van der Waals surface area (Å²) in [6.07, 6.45) is 0. The van der Waals surface area contributed by atoms with Crippen molar-refractivity contribution in [1.29, 1.82) is 0 Å². The Balaban J connectivity index is 3.18. The molecule has 2 rings (SSSR count). The first-order chi connectivity index (χ1) is 17.3. The number of rotatable bonds is 10. The number of anilines is 1. The molecule has 0 spiro atoms. The normalized spacial score (nSPS) is 16.2. The van der Waals surface area contributed by atoms with Gasteiger partial charge < -0.3 is 4.67 Å². The summed E-state index contributed by atoms with van der Waals surface area (Å²) in [5.74, 6) is 0. The van der Waals surface area contributed by atoms with E-state index in [1.165, 1.54) is 0 Å². The Morgan fingerprint density at radius 1 is 0.605 bits per heavy atom. The molecule has 0 aliphatic carbocycles. The fourth-order valence-electron chi connectivity index (χ4n) is 5.47. The van der Waals surface area contributed by atoms with Gasteiger partial charge in [-0.3, -0.25) is 28.0 Å². The zero-order valence-electron chi connectivity index (χ0n) is 26.9. The maximum absolute atomic E-state index is 5.56. The first-order valence-electron chi connectivity index (χ1n) is 12.6. The molecule has 1 aromatic rings. The molecule has 0 amide bonds. The van der Waals surface area contributed by atoms with Crippen molar-refractivity contribution in [2.75, 3.05) is 124 Å². The Morgan fingerprint density at radius 3 is 1.32 bits per heavy atom. The van der Waals surface area contributed by atoms with Crippen molar-refractivity contribution < 1.29 is 0 Å². The van der Waals surface area contributed by atoms with E-state index in [9.17, 15) is 0 Å². The van der Waals surface area contributed by atoms with Crippen LogP contribution in [0.3, 0.4) is 0 Å². The summed E-state index contributed by atoms with van der Waals surface area (Å²) in [5.41, 5.74) is 3.77. The molecule has 1 heterocycles. The van der Waals surface area contributed by atoms with Crippen LogP contribution < -0.4 is 4.67 Å². The molecular weight excluding hydrogens is 537 g/mol. The minimum absolute atomic E-state index is 0.873. The Bertz CT molecular complexity index is 1100. The summed E-state index contributed by atoms with van der Waals surface area (Å²) in [7, 11) is 29.2. The highest BCUT2D eigenvalue weighted by atomic mass is 31.2. The van der Waals surface area contributed by atoms with Crippen LogP contribution in [0.2, 0.25) is 0 Å². The third-order valence-corrected chi connectivity index (χ3v) is 17.9. The standard InChI is InChI=1S/C23H53N12P3/c1-27(2)36(28(3)4,29(5)6)24-20-18-21(25-37(30(7)8,31(9)10)32(11)12)23-22(19-20)35(17)38(26-23,33(13)14)34(15)16/h18-19H,1-17H3. The first-order valence-corrected chi connectivity index (χ1v) is 17.4. The van der Waals surface area contributed by atoms with Crippen molar-refractivity contribution in [3.63, 3.8) is 0 Å². The molecule has 1 aromatic carbocycles. The van der Waals surface area contributed by atoms with Crippen LogP contribution in [-0.4, -0.2) is 157 Å². The Labute approximate surface area is 233 Å². The first kappa shape index (κ1) is 33.6. The van der Waals surface area contributed by atoms with Crippen LogP contribution in [0.5, 0.6) is 0 Å². The van der Waals surface area contributed by atoms with Gasteiger partial charge in [0.05, 0.1) is 17.1 Å². The van der Waals surface area contributed by atoms with Gasteiger partial charge in [-0.2, -0.15) is 0 Å². The second kappa shape index (κ2) is 12.1. The summed E-state index contributed by atoms with van der Waals surface area (Å²) < 4.78 is 36.7. The number of fused-ring (bicyclic) bond motifs is 1. The Hall–Kier alpha value is -0.610. The van der Waals surface area contributed by atoms with Gasteiger partial charge in [0.2, 0.25) is 0 Å². The fraction of sp³-hybridized carbons (Fsp3) is 0.739. The molecular formula is C23H53N12P3. The van der Waals surface area contributed by atoms with Crippen molar-refractivity contribution >= 4 is 45.3 Å². The minimum atomic E-state index is -2.24. The highest BCUT2D eigenvalue weighted by molar-refractivity contribution is 7.63. The van der Waals surface area contributed by atoms with E-state index in [2.05, 4.69) is 174 Å². The van der Waals surface area contributed by atoms with Gasteiger partial charge in [0.1, 0.15) is 5.69 Å². The summed E-state index contributed by atoms with van der Waals surface area (Å²) in [6.45, 7) is 0. The van der Waals surface area contributed by atoms with Gasteiger partial charge in [-0.05, 0) is 125 Å². The highest BCUT2D eigenvalue weighted by Gasteiger charge is 2.40. The Morgan fingerprint density at radius 2 is 0.974 bits per heavy atom. The van der Waals surface area contributed by atoms with Gasteiger partial charge in [0, 0.05) is 7.05 Å². The largest absolute Gasteiger partial charge is 0.316 e. The second-order valence-corrected chi connectivity index (χ2v) is 21.9. The molecule has 0 atom stereocenters. The molecule has 0 aromatic heterocycles. The molecule has 1 aliphatic rings. The van der Waals surface area contributed by atoms with Crippen molar-refractivity contribution in [1.82, 2.24) is 37.4 Å². The molecule has 0 saturated carbocycles. The lowest BCUT2D eigenvalue weighted by atomic mass is 10.2. The molecule has 15 heteroatoms. The smallest absolute Gasteiger partial charge is 0.196 e. The van der Waals surface area contributed by atoms with Crippen LogP contribution in [0.15, 0.2) is 26.4 Å². The average molecular weight is 591 g/mol. The summed E-state index contributed by atoms with van der Waals surface area (Å²) in [6, 6.07) is 4.33. The van der Waals surface area contributed by atoms with E-state index in [1.54, 1.807) is 0 Å². The van der Waals surface area contributed by atoms with Crippen LogP contribution in [0.25, 0.3) is 0 Å². The van der Waals surface area contributed by atoms with E-state index < -0.39 is 22.5 Å². The van der Waals surface area contributed by atoms with E-state index in [0.717, 1.165) is 22.7 Å². The minimum Gasteiger partial charge on any atom is -0.316 e. The summed E-state index contributed by atoms with van der Waals surface area (Å²) >= 11 is 0. The third-order valence-electron chi connectivity index (χ3n) is 6.82. The topological polar surface area (TPSA) is 66.2 Å². The molecule has 220 valence electrons. The summed E-state index contributed by atoms with van der Waals surface area (Å²) in [4.78, 5) is 0. The molecule has 0 saturated heterocycles. The second-order valence-electron chi connectivity index (χ2n) is 11.0. The number of hydrogen-bond acceptors (Lipinski definition) is 6. The number of nitrogens with zero attached hydrogens (tertiary/aromatic N) is 12. The van der Waals surface area contributed by atoms with Crippen LogP contribution in [0.1, 0.15) is 0 Å². The monoisotopic (exact) mass is 590 g/mol. The van der Waals surface area contributed by atoms with Gasteiger partial charge in [-0.1, -0.05) is 0 Å². The molecule has 0 bridgehead atoms. The van der Waals surface area contributed by atoms with Gasteiger partial charge in [-0.25, -0.2) is 23.6 Å². The lowest BCUT2D eigenvalue weighted by Gasteiger charge is -2.41. The van der Waals surface area contributed by atoms with E-state index in [1.807, 2.05) is 0 Å². The lowest BCUT2D eigenvalue weighted by molar-refractivity contribution is 0.474. The number of hydrogen-bond donors (Lipinski definition) is 0. The fourth-order valence-corrected chi connectivity index (χ4v) is 14.9. The van der Waals surface area contributed by atoms with Crippen LogP contribution >= 0.6 is 22.5 Å². The van der Waals surface area contributed by atoms with Crippen molar-refractivity contribution in [3.8, 4) is 0 Å². The van der Waals surface area contributed by atoms with E-state index in [0.29, 0.717) is 0 Å². The third kappa shape index (κ3) is 5.36. The zero-order chi connectivity index (χ0) is 29.5. The lowest BCUT2D eigenvalue weighted by Crippen LogP contribution is -2.31. The van der Waals surface area contributed by atoms with Crippen molar-refractivity contribution in [3.05, 3.63) is 12.1 Å². The van der Waals surface area contributed by atoms with E-state index in [4.69, 9.17) is 14.2 Å². The molecule has 1 aliphatic heterocycles. The van der Waals surface area contributed by atoms with Gasteiger partial charge >= 0.3 is 0 Å². The molecule has 0 N–H and O–H groups in total. The SMILES string of the molecule is CN(C)P(=Nc1cc(N=P(N(C)C)(N(C)C)N(C)C)c2c(c1)N(C)P(N(C)C)(N(C)C)=N2)(N(C)C)N(C)C. The van der Waals surface area contributed by atoms with Gasteiger partial charge in [0.15, 0.2) is 22.5 Å². The summed E-state index contributed by atoms with van der Waals surface area (Å²) in [5, 5.41) is 0. The maximum Gasteiger partial charge on any atom is 0.196 e. The molecule has 0 unspecified atom stereocenters. The molecule has 38 heavy (non-hydrogen) atoms. The van der Waals surface area contributed by atoms with Gasteiger partial charge in [0.25, 0.3) is 0 Å². The highest BCUT2D eigenvalue weighted by Crippen LogP contribution is 2.70. The molecule has 12 nitrogen and oxygen atoms in total. The predicted octanol–water partition coefficient (Wildman–Crippen LogP) is 5.36. The van der Waals surface area contributed by atoms with Gasteiger partial charge in [-0.15, -0.1) is 0 Å². The van der Waals surface area contributed by atoms with Crippen LogP contribution in [-0.2, 0) is 0 Å². The Kier molecular flexibility index (Phi) is 10.7. The zero-order valence-corrected chi connectivity index (χ0v) is 29.5. The molecule has 0 radical (unpaired) electrons. The quantitative estimate of drug-likeness (QED) is 0.335. The maximum atomic E-state index is 5.56. The number of benzene rings is 1. The van der Waals surface area contributed by atoms with E-state index in [-0.39, 0.29) is 0 Å². The molecule has 0 fully saturated rings. The van der Waals surface area contributed by atoms with E-state index >= 15 is 0 Å². The van der Waals surface area contributed by atoms with Crippen molar-refractivity contribution in [2.45, 2.75) is 0 Å².